The minimum atomic E-state index is 0.648. The topological polar surface area (TPSA) is 47.9 Å². The van der Waals surface area contributed by atoms with Gasteiger partial charge < -0.3 is 4.74 Å². The smallest absolute Gasteiger partial charge is 0.231 e. The zero-order valence-corrected chi connectivity index (χ0v) is 14.7. The van der Waals surface area contributed by atoms with Crippen LogP contribution in [-0.2, 0) is 12.8 Å². The standard InChI is InChI=1S/C20H17N3OS/c1-12-7-8-14-16(10-12)25-20-17(14)19(22-11-23-20)24-15-6-2-4-13-5-3-9-21-18(13)15/h2-6,9,11-12H,7-8,10H2,1H3. The Kier molecular flexibility index (Phi) is 3.41. The summed E-state index contributed by atoms with van der Waals surface area (Å²) in [5.74, 6) is 2.12. The van der Waals surface area contributed by atoms with Crippen LogP contribution in [0.1, 0.15) is 23.8 Å². The van der Waals surface area contributed by atoms with E-state index in [1.54, 1.807) is 23.9 Å². The number of hydrogen-bond donors (Lipinski definition) is 0. The summed E-state index contributed by atoms with van der Waals surface area (Å²) in [4.78, 5) is 15.9. The molecule has 0 saturated carbocycles. The van der Waals surface area contributed by atoms with Gasteiger partial charge in [0.1, 0.15) is 16.7 Å². The van der Waals surface area contributed by atoms with Crippen LogP contribution in [0.25, 0.3) is 21.1 Å². The molecule has 4 aromatic rings. The van der Waals surface area contributed by atoms with Crippen molar-refractivity contribution in [2.75, 3.05) is 0 Å². The normalized spacial score (nSPS) is 16.9. The Hall–Kier alpha value is -2.53. The second-order valence-corrected chi connectivity index (χ2v) is 7.73. The molecule has 0 fully saturated rings. The van der Waals surface area contributed by atoms with Crippen LogP contribution >= 0.6 is 11.3 Å². The number of para-hydroxylation sites is 1. The maximum absolute atomic E-state index is 6.25. The van der Waals surface area contributed by atoms with Gasteiger partial charge in [0.25, 0.3) is 0 Å². The third-order valence-electron chi connectivity index (χ3n) is 4.86. The van der Waals surface area contributed by atoms with Gasteiger partial charge in [0, 0.05) is 16.5 Å². The predicted molar refractivity (Wildman–Crippen MR) is 100 cm³/mol. The van der Waals surface area contributed by atoms with E-state index in [0.29, 0.717) is 5.88 Å². The number of aryl methyl sites for hydroxylation is 1. The van der Waals surface area contributed by atoms with Gasteiger partial charge in [0.05, 0.1) is 5.39 Å². The Morgan fingerprint density at radius 3 is 3.00 bits per heavy atom. The Morgan fingerprint density at radius 1 is 1.12 bits per heavy atom. The summed E-state index contributed by atoms with van der Waals surface area (Å²) in [6, 6.07) is 9.95. The molecule has 3 heterocycles. The Morgan fingerprint density at radius 2 is 2.04 bits per heavy atom. The minimum absolute atomic E-state index is 0.648. The van der Waals surface area contributed by atoms with Crippen LogP contribution in [-0.4, -0.2) is 15.0 Å². The largest absolute Gasteiger partial charge is 0.436 e. The van der Waals surface area contributed by atoms with Crippen LogP contribution in [0.5, 0.6) is 11.6 Å². The molecule has 4 nitrogen and oxygen atoms in total. The first-order valence-electron chi connectivity index (χ1n) is 8.56. The van der Waals surface area contributed by atoms with Gasteiger partial charge in [0.15, 0.2) is 5.75 Å². The van der Waals surface area contributed by atoms with Crippen molar-refractivity contribution in [1.82, 2.24) is 15.0 Å². The van der Waals surface area contributed by atoms with E-state index in [2.05, 4.69) is 21.9 Å². The van der Waals surface area contributed by atoms with Crippen molar-refractivity contribution in [2.45, 2.75) is 26.2 Å². The van der Waals surface area contributed by atoms with Crippen LogP contribution in [0.3, 0.4) is 0 Å². The van der Waals surface area contributed by atoms with E-state index in [1.807, 2.05) is 30.3 Å². The molecule has 0 bridgehead atoms. The fourth-order valence-corrected chi connectivity index (χ4v) is 4.93. The van der Waals surface area contributed by atoms with Crippen molar-refractivity contribution in [1.29, 1.82) is 0 Å². The number of aromatic nitrogens is 3. The number of nitrogens with zero attached hydrogens (tertiary/aromatic N) is 3. The molecule has 124 valence electrons. The molecule has 1 aliphatic rings. The van der Waals surface area contributed by atoms with Crippen molar-refractivity contribution in [3.8, 4) is 11.6 Å². The lowest BCUT2D eigenvalue weighted by atomic mass is 9.89. The average Bonchev–Trinajstić information content (AvgIpc) is 3.00. The molecule has 0 saturated heterocycles. The second kappa shape index (κ2) is 5.77. The van der Waals surface area contributed by atoms with Crippen molar-refractivity contribution < 1.29 is 4.74 Å². The Labute approximate surface area is 149 Å². The van der Waals surface area contributed by atoms with Crippen LogP contribution in [0.4, 0.5) is 0 Å². The van der Waals surface area contributed by atoms with E-state index in [9.17, 15) is 0 Å². The van der Waals surface area contributed by atoms with E-state index in [4.69, 9.17) is 4.74 Å². The Bertz CT molecular complexity index is 1080. The lowest BCUT2D eigenvalue weighted by Gasteiger charge is -2.18. The van der Waals surface area contributed by atoms with Crippen molar-refractivity contribution in [3.05, 3.63) is 53.3 Å². The van der Waals surface area contributed by atoms with E-state index in [-0.39, 0.29) is 0 Å². The van der Waals surface area contributed by atoms with Gasteiger partial charge in [-0.3, -0.25) is 4.98 Å². The fourth-order valence-electron chi connectivity index (χ4n) is 3.59. The number of fused-ring (bicyclic) bond motifs is 4. The maximum atomic E-state index is 6.25. The minimum Gasteiger partial charge on any atom is -0.436 e. The number of rotatable bonds is 2. The zero-order valence-electron chi connectivity index (χ0n) is 13.9. The van der Waals surface area contributed by atoms with Gasteiger partial charge in [-0.1, -0.05) is 25.1 Å². The molecule has 5 rings (SSSR count). The lowest BCUT2D eigenvalue weighted by Crippen LogP contribution is -2.08. The zero-order chi connectivity index (χ0) is 16.8. The first kappa shape index (κ1) is 14.8. The van der Waals surface area contributed by atoms with Crippen LogP contribution < -0.4 is 4.74 Å². The maximum Gasteiger partial charge on any atom is 0.231 e. The van der Waals surface area contributed by atoms with Crippen molar-refractivity contribution >= 4 is 32.5 Å². The molecule has 5 heteroatoms. The second-order valence-electron chi connectivity index (χ2n) is 6.64. The molecule has 1 atom stereocenters. The highest BCUT2D eigenvalue weighted by molar-refractivity contribution is 7.18. The molecular formula is C20H17N3OS. The van der Waals surface area contributed by atoms with Crippen LogP contribution in [0.2, 0.25) is 0 Å². The monoisotopic (exact) mass is 347 g/mol. The highest BCUT2D eigenvalue weighted by Crippen LogP contribution is 2.41. The molecule has 1 aromatic carbocycles. The van der Waals surface area contributed by atoms with E-state index < -0.39 is 0 Å². The third kappa shape index (κ3) is 2.46. The van der Waals surface area contributed by atoms with E-state index >= 15 is 0 Å². The van der Waals surface area contributed by atoms with Crippen LogP contribution in [0, 0.1) is 5.92 Å². The molecule has 1 unspecified atom stereocenters. The highest BCUT2D eigenvalue weighted by atomic mass is 32.1. The molecule has 3 aromatic heterocycles. The molecule has 0 aliphatic heterocycles. The first-order valence-corrected chi connectivity index (χ1v) is 9.38. The van der Waals surface area contributed by atoms with Crippen LogP contribution in [0.15, 0.2) is 42.9 Å². The fraction of sp³-hybridized carbons (Fsp3) is 0.250. The molecule has 25 heavy (non-hydrogen) atoms. The van der Waals surface area contributed by atoms with Gasteiger partial charge >= 0.3 is 0 Å². The first-order chi connectivity index (χ1) is 12.3. The summed E-state index contributed by atoms with van der Waals surface area (Å²) in [5, 5.41) is 2.15. The third-order valence-corrected chi connectivity index (χ3v) is 6.02. The molecule has 0 amide bonds. The van der Waals surface area contributed by atoms with Crippen molar-refractivity contribution in [3.63, 3.8) is 0 Å². The van der Waals surface area contributed by atoms with E-state index in [1.165, 1.54) is 16.9 Å². The van der Waals surface area contributed by atoms with Gasteiger partial charge in [-0.05, 0) is 42.9 Å². The lowest BCUT2D eigenvalue weighted by molar-refractivity contribution is 0.470. The summed E-state index contributed by atoms with van der Waals surface area (Å²) in [6.45, 7) is 2.32. The predicted octanol–water partition coefficient (Wildman–Crippen LogP) is 5.16. The summed E-state index contributed by atoms with van der Waals surface area (Å²) < 4.78 is 6.25. The summed E-state index contributed by atoms with van der Waals surface area (Å²) in [5.41, 5.74) is 2.23. The van der Waals surface area contributed by atoms with Crippen molar-refractivity contribution in [2.24, 2.45) is 5.92 Å². The number of hydrogen-bond acceptors (Lipinski definition) is 5. The number of ether oxygens (including phenoxy) is 1. The molecule has 0 N–H and O–H groups in total. The van der Waals surface area contributed by atoms with Gasteiger partial charge in [-0.25, -0.2) is 9.97 Å². The molecule has 0 spiro atoms. The van der Waals surface area contributed by atoms with Gasteiger partial charge in [-0.15, -0.1) is 11.3 Å². The molecular weight excluding hydrogens is 330 g/mol. The Balaban J connectivity index is 1.66. The van der Waals surface area contributed by atoms with Gasteiger partial charge in [-0.2, -0.15) is 0 Å². The summed E-state index contributed by atoms with van der Waals surface area (Å²) >= 11 is 1.79. The number of pyridine rings is 1. The average molecular weight is 347 g/mol. The molecule has 1 aliphatic carbocycles. The quantitative estimate of drug-likeness (QED) is 0.503. The summed E-state index contributed by atoms with van der Waals surface area (Å²) in [6.07, 6.45) is 6.81. The number of thiophene rings is 1. The summed E-state index contributed by atoms with van der Waals surface area (Å²) in [7, 11) is 0. The van der Waals surface area contributed by atoms with Gasteiger partial charge in [0.2, 0.25) is 5.88 Å². The SMILES string of the molecule is CC1CCc2c(sc3ncnc(Oc4cccc5cccnc45)c23)C1. The highest BCUT2D eigenvalue weighted by Gasteiger charge is 2.24. The van der Waals surface area contributed by atoms with E-state index in [0.717, 1.165) is 45.6 Å². The number of benzene rings is 1. The molecule has 0 radical (unpaired) electrons.